The van der Waals surface area contributed by atoms with Crippen LogP contribution in [-0.2, 0) is 14.3 Å². The van der Waals surface area contributed by atoms with Gasteiger partial charge in [-0.2, -0.15) is 0 Å². The van der Waals surface area contributed by atoms with E-state index in [9.17, 15) is 9.59 Å². The molecule has 13 heavy (non-hydrogen) atoms. The fraction of sp³-hybridized carbons (Fsp3) is 0.750. The minimum atomic E-state index is -0.746. The third kappa shape index (κ3) is 2.11. The van der Waals surface area contributed by atoms with Crippen LogP contribution in [0.5, 0.6) is 0 Å². The summed E-state index contributed by atoms with van der Waals surface area (Å²) in [6, 6.07) is 0. The van der Waals surface area contributed by atoms with Gasteiger partial charge in [0.1, 0.15) is 18.6 Å². The summed E-state index contributed by atoms with van der Waals surface area (Å²) in [5.74, 6) is -0.150. The lowest BCUT2D eigenvalue weighted by atomic mass is 9.91. The van der Waals surface area contributed by atoms with E-state index < -0.39 is 11.6 Å². The Balaban J connectivity index is 2.56. The van der Waals surface area contributed by atoms with E-state index >= 15 is 0 Å². The topological polar surface area (TPSA) is 64.6 Å². The Bertz CT molecular complexity index is 216. The van der Waals surface area contributed by atoms with Crippen LogP contribution < -0.4 is 5.32 Å². The highest BCUT2D eigenvalue weighted by atomic mass is 16.7. The van der Waals surface area contributed by atoms with E-state index in [-0.39, 0.29) is 19.1 Å². The predicted molar refractivity (Wildman–Crippen MR) is 44.1 cm³/mol. The Morgan fingerprint density at radius 1 is 1.54 bits per heavy atom. The van der Waals surface area contributed by atoms with Crippen molar-refractivity contribution in [1.29, 1.82) is 0 Å². The number of nitrogens with one attached hydrogen (secondary N) is 1. The van der Waals surface area contributed by atoms with Crippen molar-refractivity contribution in [2.24, 2.45) is 5.41 Å². The molecule has 5 nitrogen and oxygen atoms in total. The van der Waals surface area contributed by atoms with Gasteiger partial charge in [0, 0.05) is 6.54 Å². The zero-order chi connectivity index (χ0) is 9.90. The van der Waals surface area contributed by atoms with Crippen LogP contribution in [0.1, 0.15) is 13.8 Å². The van der Waals surface area contributed by atoms with Gasteiger partial charge in [-0.05, 0) is 13.8 Å². The summed E-state index contributed by atoms with van der Waals surface area (Å²) >= 11 is 0. The summed E-state index contributed by atoms with van der Waals surface area (Å²) in [4.78, 5) is 22.0. The van der Waals surface area contributed by atoms with Gasteiger partial charge >= 0.3 is 6.16 Å². The van der Waals surface area contributed by atoms with Crippen molar-refractivity contribution in [1.82, 2.24) is 5.32 Å². The van der Waals surface area contributed by atoms with Crippen LogP contribution in [0, 0.1) is 5.41 Å². The summed E-state index contributed by atoms with van der Waals surface area (Å²) in [6.07, 6.45) is -0.707. The molecule has 1 aliphatic heterocycles. The number of hydrogen-bond acceptors (Lipinski definition) is 4. The molecular formula is C8H13NO4. The summed E-state index contributed by atoms with van der Waals surface area (Å²) < 4.78 is 9.28. The Kier molecular flexibility index (Phi) is 2.75. The van der Waals surface area contributed by atoms with Crippen LogP contribution in [0.25, 0.3) is 0 Å². The first-order valence-corrected chi connectivity index (χ1v) is 4.16. The zero-order valence-electron chi connectivity index (χ0n) is 7.75. The predicted octanol–water partition coefficient (Wildman–Crippen LogP) is 0.296. The number of carbonyl (C=O) groups is 2. The lowest BCUT2D eigenvalue weighted by molar-refractivity contribution is -0.141. The van der Waals surface area contributed by atoms with Crippen LogP contribution in [0.3, 0.4) is 0 Å². The van der Waals surface area contributed by atoms with Gasteiger partial charge in [-0.1, -0.05) is 0 Å². The van der Waals surface area contributed by atoms with Gasteiger partial charge in [0.25, 0.3) is 0 Å². The largest absolute Gasteiger partial charge is 0.508 e. The lowest BCUT2D eigenvalue weighted by Gasteiger charge is -2.30. The van der Waals surface area contributed by atoms with Crippen LogP contribution in [0.15, 0.2) is 0 Å². The van der Waals surface area contributed by atoms with Crippen LogP contribution in [0.4, 0.5) is 4.79 Å². The van der Waals surface area contributed by atoms with Gasteiger partial charge in [0.05, 0.1) is 0 Å². The Morgan fingerprint density at radius 2 is 2.08 bits per heavy atom. The molecule has 5 heteroatoms. The molecule has 1 fully saturated rings. The molecule has 0 atom stereocenters. The monoisotopic (exact) mass is 187 g/mol. The molecule has 0 radical (unpaired) electrons. The fourth-order valence-electron chi connectivity index (χ4n) is 1.02. The fourth-order valence-corrected chi connectivity index (χ4v) is 1.02. The molecule has 0 spiro atoms. The van der Waals surface area contributed by atoms with E-state index in [1.165, 1.54) is 0 Å². The first-order valence-electron chi connectivity index (χ1n) is 4.16. The second-order valence-corrected chi connectivity index (χ2v) is 3.25. The van der Waals surface area contributed by atoms with Crippen molar-refractivity contribution in [3.63, 3.8) is 0 Å². The molecule has 1 saturated heterocycles. The molecule has 1 amide bonds. The number of ether oxygens (including phenoxy) is 2. The Labute approximate surface area is 76.4 Å². The summed E-state index contributed by atoms with van der Waals surface area (Å²) in [5.41, 5.74) is -0.746. The van der Waals surface area contributed by atoms with E-state index in [1.54, 1.807) is 6.92 Å². The smallest absolute Gasteiger partial charge is 0.433 e. The standard InChI is InChI=1S/C8H13NO4/c1-3-9-6(10)8(2)4-12-7(11)13-5-8/h3-5H2,1-2H3,(H,9,10). The van der Waals surface area contributed by atoms with Gasteiger partial charge < -0.3 is 14.8 Å². The maximum Gasteiger partial charge on any atom is 0.508 e. The average molecular weight is 187 g/mol. The van der Waals surface area contributed by atoms with E-state index in [1.807, 2.05) is 6.92 Å². The Morgan fingerprint density at radius 3 is 2.54 bits per heavy atom. The van der Waals surface area contributed by atoms with Crippen LogP contribution in [-0.4, -0.2) is 31.8 Å². The highest BCUT2D eigenvalue weighted by Gasteiger charge is 2.39. The van der Waals surface area contributed by atoms with Gasteiger partial charge in [-0.3, -0.25) is 4.79 Å². The minimum absolute atomic E-state index is 0.0810. The number of amides is 1. The molecule has 0 aromatic rings. The zero-order valence-corrected chi connectivity index (χ0v) is 7.75. The SMILES string of the molecule is CCNC(=O)C1(C)COC(=O)OC1. The number of carbonyl (C=O) groups excluding carboxylic acids is 2. The number of cyclic esters (lactones) is 2. The first kappa shape index (κ1) is 9.83. The highest BCUT2D eigenvalue weighted by molar-refractivity contribution is 5.83. The third-order valence-electron chi connectivity index (χ3n) is 1.90. The molecule has 1 aliphatic rings. The molecule has 1 rings (SSSR count). The molecule has 0 saturated carbocycles. The van der Waals surface area contributed by atoms with Crippen molar-refractivity contribution in [3.8, 4) is 0 Å². The maximum absolute atomic E-state index is 11.4. The first-order chi connectivity index (χ1) is 6.08. The van der Waals surface area contributed by atoms with Crippen molar-refractivity contribution in [2.45, 2.75) is 13.8 Å². The quantitative estimate of drug-likeness (QED) is 0.631. The van der Waals surface area contributed by atoms with Crippen molar-refractivity contribution in [3.05, 3.63) is 0 Å². The molecule has 1 N–H and O–H groups in total. The maximum atomic E-state index is 11.4. The van der Waals surface area contributed by atoms with Crippen molar-refractivity contribution in [2.75, 3.05) is 19.8 Å². The van der Waals surface area contributed by atoms with Crippen LogP contribution >= 0.6 is 0 Å². The van der Waals surface area contributed by atoms with E-state index in [0.29, 0.717) is 6.54 Å². The second-order valence-electron chi connectivity index (χ2n) is 3.25. The van der Waals surface area contributed by atoms with Gasteiger partial charge in [0.15, 0.2) is 0 Å². The summed E-state index contributed by atoms with van der Waals surface area (Å²) in [5, 5.41) is 2.66. The third-order valence-corrected chi connectivity index (χ3v) is 1.90. The van der Waals surface area contributed by atoms with Gasteiger partial charge in [-0.15, -0.1) is 0 Å². The second kappa shape index (κ2) is 3.64. The highest BCUT2D eigenvalue weighted by Crippen LogP contribution is 2.22. The normalized spacial score (nSPS) is 20.0. The Hall–Kier alpha value is -1.26. The number of hydrogen-bond donors (Lipinski definition) is 1. The lowest BCUT2D eigenvalue weighted by Crippen LogP contribution is -2.48. The minimum Gasteiger partial charge on any atom is -0.433 e. The van der Waals surface area contributed by atoms with E-state index in [4.69, 9.17) is 0 Å². The molecule has 0 bridgehead atoms. The van der Waals surface area contributed by atoms with Gasteiger partial charge in [0.2, 0.25) is 5.91 Å². The van der Waals surface area contributed by atoms with Gasteiger partial charge in [-0.25, -0.2) is 4.79 Å². The van der Waals surface area contributed by atoms with Crippen molar-refractivity contribution >= 4 is 12.1 Å². The molecule has 1 heterocycles. The summed E-state index contributed by atoms with van der Waals surface area (Å²) in [6.45, 7) is 4.25. The molecule has 0 aromatic carbocycles. The average Bonchev–Trinajstić information content (AvgIpc) is 2.11. The molecule has 74 valence electrons. The van der Waals surface area contributed by atoms with Crippen molar-refractivity contribution < 1.29 is 19.1 Å². The molecule has 0 unspecified atom stereocenters. The van der Waals surface area contributed by atoms with E-state index in [0.717, 1.165) is 0 Å². The van der Waals surface area contributed by atoms with E-state index in [2.05, 4.69) is 14.8 Å². The van der Waals surface area contributed by atoms with Crippen LogP contribution in [0.2, 0.25) is 0 Å². The molecule has 0 aromatic heterocycles. The molecular weight excluding hydrogens is 174 g/mol. The summed E-state index contributed by atoms with van der Waals surface area (Å²) in [7, 11) is 0. The molecule has 0 aliphatic carbocycles. The number of rotatable bonds is 2.